The molecule has 3 rings (SSSR count). The molecule has 1 amide bonds. The van der Waals surface area contributed by atoms with E-state index in [9.17, 15) is 14.9 Å². The van der Waals surface area contributed by atoms with Crippen LogP contribution in [0.2, 0.25) is 5.02 Å². The Hall–Kier alpha value is -2.77. The van der Waals surface area contributed by atoms with Gasteiger partial charge in [-0.15, -0.1) is 11.3 Å². The summed E-state index contributed by atoms with van der Waals surface area (Å²) in [5, 5.41) is 14.4. The van der Waals surface area contributed by atoms with Crippen LogP contribution >= 0.6 is 22.9 Å². The first-order valence-electron chi connectivity index (χ1n) is 7.24. The predicted molar refractivity (Wildman–Crippen MR) is 98.3 cm³/mol. The lowest BCUT2D eigenvalue weighted by Gasteiger charge is -2.06. The third kappa shape index (κ3) is 3.67. The molecule has 126 valence electrons. The minimum Gasteiger partial charge on any atom is -0.320 e. The van der Waals surface area contributed by atoms with E-state index in [0.717, 1.165) is 15.4 Å². The lowest BCUT2D eigenvalue weighted by atomic mass is 10.1. The maximum Gasteiger partial charge on any atom is 0.289 e. The van der Waals surface area contributed by atoms with Crippen molar-refractivity contribution in [2.45, 2.75) is 6.92 Å². The normalized spacial score (nSPS) is 10.5. The van der Waals surface area contributed by atoms with Crippen molar-refractivity contribution in [3.8, 4) is 10.4 Å². The number of carbonyl (C=O) groups is 1. The summed E-state index contributed by atoms with van der Waals surface area (Å²) in [6, 6.07) is 13.6. The van der Waals surface area contributed by atoms with E-state index in [0.29, 0.717) is 0 Å². The van der Waals surface area contributed by atoms with Gasteiger partial charge in [-0.3, -0.25) is 14.9 Å². The number of amides is 1. The molecule has 0 aliphatic rings. The van der Waals surface area contributed by atoms with E-state index in [2.05, 4.69) is 10.3 Å². The predicted octanol–water partition coefficient (Wildman–Crippen LogP) is 4.93. The number of benzene rings is 2. The van der Waals surface area contributed by atoms with E-state index in [1.807, 2.05) is 37.3 Å². The SMILES string of the molecule is Cc1nc(C(=O)Nc2ccc(Cl)c([N+](=O)[O-])c2)c(-c2ccccc2)s1. The van der Waals surface area contributed by atoms with Crippen LogP contribution in [0.1, 0.15) is 15.5 Å². The van der Waals surface area contributed by atoms with Crippen LogP contribution in [0.5, 0.6) is 0 Å². The van der Waals surface area contributed by atoms with Gasteiger partial charge in [-0.05, 0) is 24.6 Å². The summed E-state index contributed by atoms with van der Waals surface area (Å²) in [4.78, 5) is 28.0. The van der Waals surface area contributed by atoms with Crippen LogP contribution < -0.4 is 5.32 Å². The number of aromatic nitrogens is 1. The van der Waals surface area contributed by atoms with Gasteiger partial charge in [0, 0.05) is 11.8 Å². The Morgan fingerprint density at radius 2 is 1.96 bits per heavy atom. The Balaban J connectivity index is 1.93. The fourth-order valence-electron chi connectivity index (χ4n) is 2.29. The minimum atomic E-state index is -0.597. The van der Waals surface area contributed by atoms with Crippen LogP contribution in [-0.4, -0.2) is 15.8 Å². The molecule has 0 unspecified atom stereocenters. The second kappa shape index (κ2) is 7.00. The third-order valence-corrected chi connectivity index (χ3v) is 4.73. The number of nitro groups is 1. The van der Waals surface area contributed by atoms with Crippen LogP contribution in [0.4, 0.5) is 11.4 Å². The quantitative estimate of drug-likeness (QED) is 0.518. The first-order chi connectivity index (χ1) is 12.0. The number of nitrogens with zero attached hydrogens (tertiary/aromatic N) is 2. The molecule has 1 aromatic heterocycles. The number of thiazole rings is 1. The zero-order valence-electron chi connectivity index (χ0n) is 13.0. The van der Waals surface area contributed by atoms with Crippen molar-refractivity contribution in [1.82, 2.24) is 4.98 Å². The van der Waals surface area contributed by atoms with Crippen LogP contribution in [0.25, 0.3) is 10.4 Å². The van der Waals surface area contributed by atoms with Crippen LogP contribution in [0.15, 0.2) is 48.5 Å². The van der Waals surface area contributed by atoms with Crippen LogP contribution in [0, 0.1) is 17.0 Å². The molecule has 8 heteroatoms. The summed E-state index contributed by atoms with van der Waals surface area (Å²) >= 11 is 7.20. The van der Waals surface area contributed by atoms with Crippen molar-refractivity contribution >= 4 is 40.2 Å². The van der Waals surface area contributed by atoms with E-state index in [-0.39, 0.29) is 22.1 Å². The Morgan fingerprint density at radius 1 is 1.24 bits per heavy atom. The zero-order valence-corrected chi connectivity index (χ0v) is 14.6. The maximum atomic E-state index is 12.6. The second-order valence-corrected chi connectivity index (χ2v) is 6.76. The Labute approximate surface area is 152 Å². The smallest absolute Gasteiger partial charge is 0.289 e. The average Bonchev–Trinajstić information content (AvgIpc) is 2.99. The average molecular weight is 374 g/mol. The van der Waals surface area contributed by atoms with Crippen molar-refractivity contribution < 1.29 is 9.72 Å². The highest BCUT2D eigenvalue weighted by atomic mass is 35.5. The van der Waals surface area contributed by atoms with Crippen LogP contribution in [0.3, 0.4) is 0 Å². The van der Waals surface area contributed by atoms with Crippen molar-refractivity contribution in [3.05, 3.63) is 74.4 Å². The zero-order chi connectivity index (χ0) is 18.0. The van der Waals surface area contributed by atoms with Gasteiger partial charge in [0.2, 0.25) is 0 Å². The molecule has 0 radical (unpaired) electrons. The molecular weight excluding hydrogens is 362 g/mol. The number of hydrogen-bond acceptors (Lipinski definition) is 5. The molecule has 0 bridgehead atoms. The highest BCUT2D eigenvalue weighted by molar-refractivity contribution is 7.15. The summed E-state index contributed by atoms with van der Waals surface area (Å²) in [5.41, 5.74) is 1.19. The van der Waals surface area contributed by atoms with Gasteiger partial charge in [-0.25, -0.2) is 4.98 Å². The number of aryl methyl sites for hydroxylation is 1. The molecule has 0 atom stereocenters. The molecule has 0 aliphatic carbocycles. The molecule has 0 saturated heterocycles. The van der Waals surface area contributed by atoms with E-state index in [1.54, 1.807) is 0 Å². The topological polar surface area (TPSA) is 85.1 Å². The summed E-state index contributed by atoms with van der Waals surface area (Å²) in [6.45, 7) is 1.82. The van der Waals surface area contributed by atoms with Gasteiger partial charge in [-0.1, -0.05) is 41.9 Å². The molecule has 25 heavy (non-hydrogen) atoms. The van der Waals surface area contributed by atoms with Gasteiger partial charge < -0.3 is 5.32 Å². The third-order valence-electron chi connectivity index (χ3n) is 3.39. The van der Waals surface area contributed by atoms with Gasteiger partial charge in [0.1, 0.15) is 10.7 Å². The number of rotatable bonds is 4. The number of hydrogen-bond donors (Lipinski definition) is 1. The highest BCUT2D eigenvalue weighted by Crippen LogP contribution is 2.31. The fourth-order valence-corrected chi connectivity index (χ4v) is 3.39. The lowest BCUT2D eigenvalue weighted by molar-refractivity contribution is -0.384. The Bertz CT molecular complexity index is 957. The first kappa shape index (κ1) is 17.1. The van der Waals surface area contributed by atoms with Crippen molar-refractivity contribution in [2.24, 2.45) is 0 Å². The van der Waals surface area contributed by atoms with Crippen LogP contribution in [-0.2, 0) is 0 Å². The van der Waals surface area contributed by atoms with Gasteiger partial charge in [0.15, 0.2) is 0 Å². The van der Waals surface area contributed by atoms with Crippen molar-refractivity contribution in [1.29, 1.82) is 0 Å². The Kier molecular flexibility index (Phi) is 4.78. The van der Waals surface area contributed by atoms with Gasteiger partial charge in [0.05, 0.1) is 14.8 Å². The number of carbonyl (C=O) groups excluding carboxylic acids is 1. The van der Waals surface area contributed by atoms with E-state index >= 15 is 0 Å². The standard InChI is InChI=1S/C17H12ClN3O3S/c1-10-19-15(16(25-10)11-5-3-2-4-6-11)17(22)20-12-7-8-13(18)14(9-12)21(23)24/h2-9H,1H3,(H,20,22). The molecule has 6 nitrogen and oxygen atoms in total. The highest BCUT2D eigenvalue weighted by Gasteiger charge is 2.20. The fraction of sp³-hybridized carbons (Fsp3) is 0.0588. The molecule has 2 aromatic carbocycles. The summed E-state index contributed by atoms with van der Waals surface area (Å²) in [5.74, 6) is -0.431. The molecule has 1 heterocycles. The molecule has 0 spiro atoms. The maximum absolute atomic E-state index is 12.6. The number of nitrogens with one attached hydrogen (secondary N) is 1. The molecule has 3 aromatic rings. The number of nitro benzene ring substituents is 1. The summed E-state index contributed by atoms with van der Waals surface area (Å²) < 4.78 is 0. The van der Waals surface area contributed by atoms with Gasteiger partial charge in [-0.2, -0.15) is 0 Å². The minimum absolute atomic E-state index is 0.0116. The summed E-state index contributed by atoms with van der Waals surface area (Å²) in [7, 11) is 0. The van der Waals surface area contributed by atoms with Gasteiger partial charge >= 0.3 is 0 Å². The monoisotopic (exact) mass is 373 g/mol. The van der Waals surface area contributed by atoms with E-state index in [4.69, 9.17) is 11.6 Å². The molecule has 0 saturated carbocycles. The molecular formula is C17H12ClN3O3S. The molecule has 0 fully saturated rings. The molecule has 0 aliphatic heterocycles. The van der Waals surface area contributed by atoms with E-state index < -0.39 is 10.8 Å². The van der Waals surface area contributed by atoms with Gasteiger partial charge in [0.25, 0.3) is 11.6 Å². The lowest BCUT2D eigenvalue weighted by Crippen LogP contribution is -2.13. The first-order valence-corrected chi connectivity index (χ1v) is 8.43. The van der Waals surface area contributed by atoms with E-state index in [1.165, 1.54) is 29.5 Å². The summed E-state index contributed by atoms with van der Waals surface area (Å²) in [6.07, 6.45) is 0. The van der Waals surface area contributed by atoms with Crippen molar-refractivity contribution in [2.75, 3.05) is 5.32 Å². The second-order valence-electron chi connectivity index (χ2n) is 5.15. The largest absolute Gasteiger partial charge is 0.320 e. The number of anilines is 1. The number of halogens is 1. The molecule has 1 N–H and O–H groups in total. The van der Waals surface area contributed by atoms with Crippen molar-refractivity contribution in [3.63, 3.8) is 0 Å². The Morgan fingerprint density at radius 3 is 2.64 bits per heavy atom.